The van der Waals surface area contributed by atoms with Crippen LogP contribution in [-0.2, 0) is 0 Å². The molecular formula is C20H17ClN4O4. The molecular weight excluding hydrogens is 396 g/mol. The Morgan fingerprint density at radius 2 is 1.55 bits per heavy atom. The third kappa shape index (κ3) is 5.66. The lowest BCUT2D eigenvalue weighted by Gasteiger charge is -2.08. The molecule has 0 saturated carbocycles. The van der Waals surface area contributed by atoms with Crippen molar-refractivity contribution in [2.45, 2.75) is 0 Å². The number of hydrogen-bond donors (Lipinski definition) is 3. The molecule has 3 amide bonds. The molecule has 2 aromatic heterocycles. The third-order valence-corrected chi connectivity index (χ3v) is 4.06. The van der Waals surface area contributed by atoms with Gasteiger partial charge in [-0.2, -0.15) is 0 Å². The number of benzene rings is 1. The van der Waals surface area contributed by atoms with Crippen LogP contribution in [0.4, 0.5) is 5.69 Å². The van der Waals surface area contributed by atoms with Crippen molar-refractivity contribution in [3.8, 4) is 0 Å². The number of carbonyl (C=O) groups is 3. The van der Waals surface area contributed by atoms with Crippen LogP contribution >= 0.6 is 11.6 Å². The normalized spacial score (nSPS) is 10.2. The molecule has 0 fully saturated rings. The molecule has 0 atom stereocenters. The molecule has 0 spiro atoms. The van der Waals surface area contributed by atoms with Gasteiger partial charge in [0.05, 0.1) is 11.8 Å². The number of amides is 3. The van der Waals surface area contributed by atoms with Crippen molar-refractivity contribution < 1.29 is 18.8 Å². The molecule has 1 aromatic carbocycles. The second-order valence-electron chi connectivity index (χ2n) is 5.89. The van der Waals surface area contributed by atoms with Crippen LogP contribution < -0.4 is 16.0 Å². The molecule has 0 radical (unpaired) electrons. The Kier molecular flexibility index (Phi) is 6.59. The van der Waals surface area contributed by atoms with Gasteiger partial charge in [0.2, 0.25) is 0 Å². The maximum Gasteiger partial charge on any atom is 0.287 e. The molecule has 9 heteroatoms. The Morgan fingerprint density at radius 1 is 0.862 bits per heavy atom. The molecule has 29 heavy (non-hydrogen) atoms. The van der Waals surface area contributed by atoms with Gasteiger partial charge >= 0.3 is 0 Å². The molecule has 148 valence electrons. The summed E-state index contributed by atoms with van der Waals surface area (Å²) in [6, 6.07) is 12.7. The van der Waals surface area contributed by atoms with Crippen LogP contribution in [0.25, 0.3) is 0 Å². The fraction of sp³-hybridized carbons (Fsp3) is 0.100. The highest BCUT2D eigenvalue weighted by Gasteiger charge is 2.10. The molecule has 0 aliphatic rings. The highest BCUT2D eigenvalue weighted by molar-refractivity contribution is 6.29. The number of pyridine rings is 1. The van der Waals surface area contributed by atoms with Crippen LogP contribution in [-0.4, -0.2) is 35.8 Å². The summed E-state index contributed by atoms with van der Waals surface area (Å²) in [6.07, 6.45) is 2.79. The Labute approximate surface area is 171 Å². The predicted octanol–water partition coefficient (Wildman–Crippen LogP) is 2.74. The zero-order valence-electron chi connectivity index (χ0n) is 15.1. The van der Waals surface area contributed by atoms with Gasteiger partial charge in [0.15, 0.2) is 5.76 Å². The molecule has 0 bridgehead atoms. The summed E-state index contributed by atoms with van der Waals surface area (Å²) in [5.74, 6) is -0.765. The first-order valence-corrected chi connectivity index (χ1v) is 9.03. The molecule has 0 aliphatic heterocycles. The van der Waals surface area contributed by atoms with Gasteiger partial charge < -0.3 is 20.4 Å². The number of anilines is 1. The summed E-state index contributed by atoms with van der Waals surface area (Å²) < 4.78 is 4.98. The van der Waals surface area contributed by atoms with Crippen molar-refractivity contribution in [1.82, 2.24) is 15.6 Å². The topological polar surface area (TPSA) is 113 Å². The lowest BCUT2D eigenvalue weighted by atomic mass is 10.2. The van der Waals surface area contributed by atoms with E-state index in [4.69, 9.17) is 16.0 Å². The first kappa shape index (κ1) is 20.1. The van der Waals surface area contributed by atoms with Gasteiger partial charge in [-0.25, -0.2) is 4.98 Å². The van der Waals surface area contributed by atoms with E-state index in [1.807, 2.05) is 0 Å². The van der Waals surface area contributed by atoms with Gasteiger partial charge in [-0.05, 0) is 48.5 Å². The molecule has 3 rings (SSSR count). The minimum Gasteiger partial charge on any atom is -0.459 e. The summed E-state index contributed by atoms with van der Waals surface area (Å²) >= 11 is 5.70. The van der Waals surface area contributed by atoms with E-state index >= 15 is 0 Å². The fourth-order valence-corrected chi connectivity index (χ4v) is 2.48. The van der Waals surface area contributed by atoms with Gasteiger partial charge in [0, 0.05) is 30.5 Å². The van der Waals surface area contributed by atoms with E-state index < -0.39 is 0 Å². The standard InChI is InChI=1S/C20H17ClN4O4/c21-17-8-5-14(12-24-17)19(27)25-15-6-3-13(4-7-15)18(26)22-9-10-23-20(28)16-2-1-11-29-16/h1-8,11-12H,9-10H2,(H,22,26)(H,23,28)(H,25,27). The van der Waals surface area contributed by atoms with Crippen molar-refractivity contribution in [3.63, 3.8) is 0 Å². The number of hydrogen-bond acceptors (Lipinski definition) is 5. The highest BCUT2D eigenvalue weighted by atomic mass is 35.5. The van der Waals surface area contributed by atoms with Gasteiger partial charge in [-0.3, -0.25) is 14.4 Å². The van der Waals surface area contributed by atoms with Crippen molar-refractivity contribution >= 4 is 35.0 Å². The Bertz CT molecular complexity index is 986. The first-order chi connectivity index (χ1) is 14.0. The van der Waals surface area contributed by atoms with E-state index in [1.165, 1.54) is 18.5 Å². The van der Waals surface area contributed by atoms with E-state index in [9.17, 15) is 14.4 Å². The molecule has 2 heterocycles. The minimum atomic E-state index is -0.347. The van der Waals surface area contributed by atoms with Gasteiger partial charge in [-0.15, -0.1) is 0 Å². The maximum atomic E-state index is 12.2. The minimum absolute atomic E-state index is 0.211. The number of carbonyl (C=O) groups excluding carboxylic acids is 3. The summed E-state index contributed by atoms with van der Waals surface area (Å²) in [5.41, 5.74) is 1.33. The Balaban J connectivity index is 1.45. The van der Waals surface area contributed by atoms with E-state index in [-0.39, 0.29) is 36.6 Å². The average Bonchev–Trinajstić information content (AvgIpc) is 3.27. The molecule has 0 aliphatic carbocycles. The highest BCUT2D eigenvalue weighted by Crippen LogP contribution is 2.12. The van der Waals surface area contributed by atoms with E-state index in [2.05, 4.69) is 20.9 Å². The zero-order chi connectivity index (χ0) is 20.6. The van der Waals surface area contributed by atoms with Gasteiger partial charge in [0.25, 0.3) is 17.7 Å². The van der Waals surface area contributed by atoms with Crippen molar-refractivity contribution in [1.29, 1.82) is 0 Å². The first-order valence-electron chi connectivity index (χ1n) is 8.66. The quantitative estimate of drug-likeness (QED) is 0.408. The van der Waals surface area contributed by atoms with Crippen LogP contribution in [0.5, 0.6) is 0 Å². The average molecular weight is 413 g/mol. The Morgan fingerprint density at radius 3 is 2.17 bits per heavy atom. The van der Waals surface area contributed by atoms with E-state index in [1.54, 1.807) is 42.5 Å². The summed E-state index contributed by atoms with van der Waals surface area (Å²) in [5, 5.41) is 8.35. The van der Waals surface area contributed by atoms with Crippen LogP contribution in [0.15, 0.2) is 65.4 Å². The summed E-state index contributed by atoms with van der Waals surface area (Å²) in [6.45, 7) is 0.516. The third-order valence-electron chi connectivity index (χ3n) is 3.84. The van der Waals surface area contributed by atoms with E-state index in [0.29, 0.717) is 22.0 Å². The summed E-state index contributed by atoms with van der Waals surface area (Å²) in [7, 11) is 0. The molecule has 3 N–H and O–H groups in total. The Hall–Kier alpha value is -3.65. The number of furan rings is 1. The van der Waals surface area contributed by atoms with Crippen LogP contribution in [0.3, 0.4) is 0 Å². The lowest BCUT2D eigenvalue weighted by molar-refractivity contribution is 0.0910. The van der Waals surface area contributed by atoms with Crippen LogP contribution in [0.1, 0.15) is 31.3 Å². The number of nitrogens with one attached hydrogen (secondary N) is 3. The maximum absolute atomic E-state index is 12.2. The fourth-order valence-electron chi connectivity index (χ4n) is 2.37. The number of rotatable bonds is 7. The van der Waals surface area contributed by atoms with Crippen molar-refractivity contribution in [2.75, 3.05) is 18.4 Å². The van der Waals surface area contributed by atoms with Gasteiger partial charge in [0.1, 0.15) is 5.15 Å². The predicted molar refractivity (Wildman–Crippen MR) is 107 cm³/mol. The molecule has 3 aromatic rings. The second kappa shape index (κ2) is 9.52. The zero-order valence-corrected chi connectivity index (χ0v) is 15.9. The van der Waals surface area contributed by atoms with Crippen LogP contribution in [0, 0.1) is 0 Å². The molecule has 0 unspecified atom stereocenters. The van der Waals surface area contributed by atoms with Crippen LogP contribution in [0.2, 0.25) is 5.15 Å². The smallest absolute Gasteiger partial charge is 0.287 e. The van der Waals surface area contributed by atoms with Gasteiger partial charge in [-0.1, -0.05) is 11.6 Å². The lowest BCUT2D eigenvalue weighted by Crippen LogP contribution is -2.34. The second-order valence-corrected chi connectivity index (χ2v) is 6.28. The number of halogens is 1. The van der Waals surface area contributed by atoms with Crippen molar-refractivity contribution in [3.05, 3.63) is 83.0 Å². The SMILES string of the molecule is O=C(NCCNC(=O)c1ccco1)c1ccc(NC(=O)c2ccc(Cl)nc2)cc1. The van der Waals surface area contributed by atoms with Crippen molar-refractivity contribution in [2.24, 2.45) is 0 Å². The monoisotopic (exact) mass is 412 g/mol. The largest absolute Gasteiger partial charge is 0.459 e. The molecule has 8 nitrogen and oxygen atoms in total. The van der Waals surface area contributed by atoms with E-state index in [0.717, 1.165) is 0 Å². The number of nitrogens with zero attached hydrogens (tertiary/aromatic N) is 1. The number of aromatic nitrogens is 1. The molecule has 0 saturated heterocycles. The summed E-state index contributed by atoms with van der Waals surface area (Å²) in [4.78, 5) is 39.9.